The van der Waals surface area contributed by atoms with Crippen LogP contribution in [0.15, 0.2) is 34.9 Å². The Morgan fingerprint density at radius 2 is 2.14 bits per heavy atom. The van der Waals surface area contributed by atoms with Crippen molar-refractivity contribution in [1.29, 1.82) is 0 Å². The van der Waals surface area contributed by atoms with Crippen molar-refractivity contribution in [1.82, 2.24) is 10.1 Å². The van der Waals surface area contributed by atoms with Crippen molar-refractivity contribution in [3.8, 4) is 0 Å². The third kappa shape index (κ3) is 3.10. The van der Waals surface area contributed by atoms with Gasteiger partial charge < -0.3 is 9.42 Å². The maximum atomic E-state index is 12.4. The Morgan fingerprint density at radius 3 is 2.76 bits per heavy atom. The van der Waals surface area contributed by atoms with Gasteiger partial charge in [-0.3, -0.25) is 4.79 Å². The molecule has 1 aliphatic carbocycles. The normalized spacial score (nSPS) is 20.3. The molecule has 0 unspecified atom stereocenters. The van der Waals surface area contributed by atoms with E-state index in [2.05, 4.69) is 5.16 Å². The summed E-state index contributed by atoms with van der Waals surface area (Å²) in [5.74, 6) is 1.31. The molecule has 0 N–H and O–H groups in total. The molecule has 1 aliphatic rings. The minimum atomic E-state index is 0.0733. The number of carbonyl (C=O) groups is 1. The molecular formula is C16H17ClN2O2. The summed E-state index contributed by atoms with van der Waals surface area (Å²) in [6, 6.07) is 9.60. The standard InChI is InChI=1S/C16H17ClN2O2/c1-10-7-13(18-21-10)9-19(2)16(20)15-8-14(15)11-3-5-12(17)6-4-11/h3-7,14-15H,8-9H2,1-2H3/t14-,15-/m1/s1. The molecule has 1 aromatic carbocycles. The molecule has 110 valence electrons. The van der Waals surface area contributed by atoms with Crippen LogP contribution < -0.4 is 0 Å². The average molecular weight is 305 g/mol. The number of nitrogens with zero attached hydrogens (tertiary/aromatic N) is 2. The van der Waals surface area contributed by atoms with Crippen LogP contribution >= 0.6 is 11.6 Å². The molecule has 3 rings (SSSR count). The van der Waals surface area contributed by atoms with Crippen LogP contribution in [0.5, 0.6) is 0 Å². The second kappa shape index (κ2) is 5.53. The van der Waals surface area contributed by atoms with Gasteiger partial charge in [-0.05, 0) is 37.0 Å². The lowest BCUT2D eigenvalue weighted by Crippen LogP contribution is -2.28. The number of amides is 1. The smallest absolute Gasteiger partial charge is 0.226 e. The van der Waals surface area contributed by atoms with Gasteiger partial charge in [-0.25, -0.2) is 0 Å². The second-order valence-electron chi connectivity index (χ2n) is 5.62. The first-order chi connectivity index (χ1) is 10.0. The fraction of sp³-hybridized carbons (Fsp3) is 0.375. The molecule has 5 heteroatoms. The van der Waals surface area contributed by atoms with Crippen LogP contribution in [0, 0.1) is 12.8 Å². The van der Waals surface area contributed by atoms with Crippen LogP contribution in [-0.2, 0) is 11.3 Å². The maximum absolute atomic E-state index is 12.4. The molecule has 0 saturated heterocycles. The zero-order chi connectivity index (χ0) is 15.0. The molecule has 21 heavy (non-hydrogen) atoms. The Kier molecular flexibility index (Phi) is 3.72. The number of carbonyl (C=O) groups excluding carboxylic acids is 1. The van der Waals surface area contributed by atoms with E-state index in [4.69, 9.17) is 16.1 Å². The van der Waals surface area contributed by atoms with E-state index in [0.717, 1.165) is 22.9 Å². The number of halogens is 1. The largest absolute Gasteiger partial charge is 0.361 e. The molecule has 0 bridgehead atoms. The summed E-state index contributed by atoms with van der Waals surface area (Å²) in [6.07, 6.45) is 0.905. The highest BCUT2D eigenvalue weighted by atomic mass is 35.5. The Morgan fingerprint density at radius 1 is 1.43 bits per heavy atom. The van der Waals surface area contributed by atoms with Crippen LogP contribution in [0.2, 0.25) is 5.02 Å². The topological polar surface area (TPSA) is 46.3 Å². The summed E-state index contributed by atoms with van der Waals surface area (Å²) < 4.78 is 5.02. The molecule has 1 saturated carbocycles. The number of hydrogen-bond acceptors (Lipinski definition) is 3. The Bertz CT molecular complexity index is 651. The van der Waals surface area contributed by atoms with Crippen LogP contribution in [0.25, 0.3) is 0 Å². The quantitative estimate of drug-likeness (QED) is 0.869. The highest BCUT2D eigenvalue weighted by Gasteiger charge is 2.45. The fourth-order valence-electron chi connectivity index (χ4n) is 2.64. The van der Waals surface area contributed by atoms with Crippen LogP contribution in [0.4, 0.5) is 0 Å². The highest BCUT2D eigenvalue weighted by molar-refractivity contribution is 6.30. The van der Waals surface area contributed by atoms with Gasteiger partial charge in [0.05, 0.1) is 6.54 Å². The van der Waals surface area contributed by atoms with Gasteiger partial charge >= 0.3 is 0 Å². The summed E-state index contributed by atoms with van der Waals surface area (Å²) >= 11 is 5.89. The fourth-order valence-corrected chi connectivity index (χ4v) is 2.77. The summed E-state index contributed by atoms with van der Waals surface area (Å²) in [5, 5.41) is 4.64. The van der Waals surface area contributed by atoms with Crippen molar-refractivity contribution in [3.05, 3.63) is 52.4 Å². The maximum Gasteiger partial charge on any atom is 0.226 e. The Hall–Kier alpha value is -1.81. The predicted octanol–water partition coefficient (Wildman–Crippen LogP) is 3.40. The minimum absolute atomic E-state index is 0.0733. The zero-order valence-electron chi connectivity index (χ0n) is 12.0. The lowest BCUT2D eigenvalue weighted by molar-refractivity contribution is -0.131. The molecule has 1 amide bonds. The molecule has 0 aliphatic heterocycles. The van der Waals surface area contributed by atoms with Gasteiger partial charge in [0.25, 0.3) is 0 Å². The summed E-state index contributed by atoms with van der Waals surface area (Å²) in [7, 11) is 1.81. The highest BCUT2D eigenvalue weighted by Crippen LogP contribution is 2.48. The third-order valence-corrected chi connectivity index (χ3v) is 4.11. The van der Waals surface area contributed by atoms with Gasteiger partial charge in [0, 0.05) is 24.1 Å². The van der Waals surface area contributed by atoms with Crippen molar-refractivity contribution in [2.45, 2.75) is 25.8 Å². The molecule has 0 spiro atoms. The number of rotatable bonds is 4. The molecule has 2 aromatic rings. The number of benzene rings is 1. The summed E-state index contributed by atoms with van der Waals surface area (Å²) in [5.41, 5.74) is 1.97. The molecule has 1 heterocycles. The minimum Gasteiger partial charge on any atom is -0.361 e. The third-order valence-electron chi connectivity index (χ3n) is 3.86. The first kappa shape index (κ1) is 14.1. The molecule has 0 radical (unpaired) electrons. The van der Waals surface area contributed by atoms with E-state index in [0.29, 0.717) is 12.5 Å². The first-order valence-electron chi connectivity index (χ1n) is 6.97. The summed E-state index contributed by atoms with van der Waals surface area (Å²) in [6.45, 7) is 2.33. The van der Waals surface area contributed by atoms with Gasteiger partial charge in [0.1, 0.15) is 11.5 Å². The van der Waals surface area contributed by atoms with E-state index in [-0.39, 0.29) is 11.8 Å². The number of aromatic nitrogens is 1. The van der Waals surface area contributed by atoms with Crippen LogP contribution in [0.3, 0.4) is 0 Å². The second-order valence-corrected chi connectivity index (χ2v) is 6.06. The van der Waals surface area contributed by atoms with E-state index < -0.39 is 0 Å². The molecule has 1 aromatic heterocycles. The van der Waals surface area contributed by atoms with Gasteiger partial charge in [0.2, 0.25) is 5.91 Å². The molecule has 1 fully saturated rings. The molecular weight excluding hydrogens is 288 g/mol. The van der Waals surface area contributed by atoms with Gasteiger partial charge in [0.15, 0.2) is 0 Å². The Balaban J connectivity index is 1.60. The van der Waals surface area contributed by atoms with Gasteiger partial charge in [-0.2, -0.15) is 0 Å². The van der Waals surface area contributed by atoms with Crippen molar-refractivity contribution in [2.75, 3.05) is 7.05 Å². The Labute approximate surface area is 128 Å². The predicted molar refractivity (Wildman–Crippen MR) is 80.0 cm³/mol. The van der Waals surface area contributed by atoms with Crippen molar-refractivity contribution in [3.63, 3.8) is 0 Å². The van der Waals surface area contributed by atoms with E-state index in [1.165, 1.54) is 5.56 Å². The van der Waals surface area contributed by atoms with Crippen LogP contribution in [-0.4, -0.2) is 23.0 Å². The van der Waals surface area contributed by atoms with Crippen LogP contribution in [0.1, 0.15) is 29.4 Å². The lowest BCUT2D eigenvalue weighted by Gasteiger charge is -2.15. The number of aryl methyl sites for hydroxylation is 1. The van der Waals surface area contributed by atoms with Gasteiger partial charge in [-0.1, -0.05) is 28.9 Å². The SMILES string of the molecule is Cc1cc(CN(C)C(=O)[C@@H]2C[C@@H]2c2ccc(Cl)cc2)no1. The van der Waals surface area contributed by atoms with Crippen molar-refractivity contribution < 1.29 is 9.32 Å². The van der Waals surface area contributed by atoms with Gasteiger partial charge in [-0.15, -0.1) is 0 Å². The zero-order valence-corrected chi connectivity index (χ0v) is 12.8. The average Bonchev–Trinajstić information content (AvgIpc) is 3.15. The van der Waals surface area contributed by atoms with E-state index >= 15 is 0 Å². The summed E-state index contributed by atoms with van der Waals surface area (Å²) in [4.78, 5) is 14.1. The van der Waals surface area contributed by atoms with E-state index in [1.54, 1.807) is 4.90 Å². The van der Waals surface area contributed by atoms with Crippen molar-refractivity contribution >= 4 is 17.5 Å². The van der Waals surface area contributed by atoms with Crippen molar-refractivity contribution in [2.24, 2.45) is 5.92 Å². The molecule has 2 atom stereocenters. The monoisotopic (exact) mass is 304 g/mol. The molecule has 4 nitrogen and oxygen atoms in total. The number of hydrogen-bond donors (Lipinski definition) is 0. The first-order valence-corrected chi connectivity index (χ1v) is 7.35. The lowest BCUT2D eigenvalue weighted by atomic mass is 10.1. The van der Waals surface area contributed by atoms with E-state index in [9.17, 15) is 4.79 Å². The van der Waals surface area contributed by atoms with E-state index in [1.807, 2.05) is 44.3 Å².